The maximum atomic E-state index is 12.5. The van der Waals surface area contributed by atoms with Gasteiger partial charge in [-0.05, 0) is 50.0 Å². The van der Waals surface area contributed by atoms with Crippen LogP contribution in [0.3, 0.4) is 0 Å². The van der Waals surface area contributed by atoms with Gasteiger partial charge in [-0.3, -0.25) is 4.79 Å². The second-order valence-corrected chi connectivity index (χ2v) is 8.44. The number of likely N-dealkylation sites (tertiary alicyclic amines) is 1. The van der Waals surface area contributed by atoms with E-state index in [4.69, 9.17) is 4.74 Å². The summed E-state index contributed by atoms with van der Waals surface area (Å²) in [4.78, 5) is 24.7. The van der Waals surface area contributed by atoms with Gasteiger partial charge in [-0.2, -0.15) is 0 Å². The van der Waals surface area contributed by atoms with Crippen LogP contribution in [-0.2, 0) is 4.79 Å². The molecule has 0 unspecified atom stereocenters. The summed E-state index contributed by atoms with van der Waals surface area (Å²) in [6.07, 6.45) is 9.35. The van der Waals surface area contributed by atoms with Crippen molar-refractivity contribution in [2.24, 2.45) is 11.8 Å². The molecule has 0 N–H and O–H groups in total. The molecule has 1 aliphatic heterocycles. The highest BCUT2D eigenvalue weighted by atomic mass is 32.2. The molecular weight excluding hydrogens is 382 g/mol. The Labute approximate surface area is 178 Å². The van der Waals surface area contributed by atoms with Crippen molar-refractivity contribution in [3.05, 3.63) is 36.7 Å². The number of hydrogen-bond donors (Lipinski definition) is 0. The second kappa shape index (κ2) is 10.6. The third kappa shape index (κ3) is 5.72. The van der Waals surface area contributed by atoms with Gasteiger partial charge in [0.05, 0.1) is 24.7 Å². The number of piperidine rings is 1. The number of carbonyl (C=O) groups is 1. The number of hydrogen-bond acceptors (Lipinski definition) is 5. The molecule has 2 heterocycles. The fourth-order valence-electron chi connectivity index (χ4n) is 3.72. The lowest BCUT2D eigenvalue weighted by Crippen LogP contribution is -2.42. The predicted molar refractivity (Wildman–Crippen MR) is 118 cm³/mol. The van der Waals surface area contributed by atoms with Crippen molar-refractivity contribution >= 4 is 17.7 Å². The normalized spacial score (nSPS) is 15.0. The molecule has 0 spiro atoms. The van der Waals surface area contributed by atoms with Crippen molar-refractivity contribution in [1.29, 1.82) is 0 Å². The lowest BCUT2D eigenvalue weighted by molar-refractivity contribution is -0.137. The van der Waals surface area contributed by atoms with Crippen LogP contribution in [0.5, 0.6) is 5.88 Å². The van der Waals surface area contributed by atoms with Crippen LogP contribution in [0.15, 0.2) is 41.6 Å². The molecular formula is C23H31N3O2S. The first-order valence-electron chi connectivity index (χ1n) is 10.5. The quantitative estimate of drug-likeness (QED) is 0.575. The van der Waals surface area contributed by atoms with Crippen molar-refractivity contribution in [3.63, 3.8) is 0 Å². The summed E-state index contributed by atoms with van der Waals surface area (Å²) in [5, 5.41) is 0. The minimum absolute atomic E-state index is 0.175. The van der Waals surface area contributed by atoms with Gasteiger partial charge in [0.15, 0.2) is 0 Å². The largest absolute Gasteiger partial charge is 0.476 e. The zero-order valence-electron chi connectivity index (χ0n) is 17.6. The van der Waals surface area contributed by atoms with Gasteiger partial charge >= 0.3 is 0 Å². The molecule has 1 fully saturated rings. The Morgan fingerprint density at radius 1 is 1.14 bits per heavy atom. The zero-order valence-corrected chi connectivity index (χ0v) is 18.5. The van der Waals surface area contributed by atoms with Gasteiger partial charge in [-0.15, -0.1) is 11.8 Å². The van der Waals surface area contributed by atoms with Crippen molar-refractivity contribution in [1.82, 2.24) is 14.9 Å². The molecule has 1 amide bonds. The highest BCUT2D eigenvalue weighted by molar-refractivity contribution is 7.98. The molecule has 156 valence electrons. The minimum Gasteiger partial charge on any atom is -0.476 e. The van der Waals surface area contributed by atoms with E-state index >= 15 is 0 Å². The summed E-state index contributed by atoms with van der Waals surface area (Å²) in [5.41, 5.74) is 1.90. The van der Waals surface area contributed by atoms with Gasteiger partial charge < -0.3 is 9.64 Å². The van der Waals surface area contributed by atoms with Crippen LogP contribution in [0.2, 0.25) is 0 Å². The van der Waals surface area contributed by atoms with Crippen LogP contribution < -0.4 is 4.74 Å². The molecule has 29 heavy (non-hydrogen) atoms. The number of ether oxygens (including phenoxy) is 1. The van der Waals surface area contributed by atoms with Gasteiger partial charge in [-0.25, -0.2) is 9.97 Å². The molecule has 1 aliphatic rings. The molecule has 1 aromatic carbocycles. The average Bonchev–Trinajstić information content (AvgIpc) is 2.79. The maximum absolute atomic E-state index is 12.5. The number of aromatic nitrogens is 2. The smallest absolute Gasteiger partial charge is 0.232 e. The van der Waals surface area contributed by atoms with Crippen molar-refractivity contribution in [2.45, 2.75) is 44.4 Å². The van der Waals surface area contributed by atoms with Crippen molar-refractivity contribution in [2.75, 3.05) is 26.0 Å². The van der Waals surface area contributed by atoms with E-state index in [0.717, 1.165) is 50.0 Å². The molecule has 1 saturated heterocycles. The van der Waals surface area contributed by atoms with Crippen LogP contribution in [0.4, 0.5) is 0 Å². The summed E-state index contributed by atoms with van der Waals surface area (Å²) in [5.74, 6) is 1.52. The molecule has 0 radical (unpaired) electrons. The molecule has 0 aliphatic carbocycles. The summed E-state index contributed by atoms with van der Waals surface area (Å²) < 4.78 is 5.88. The van der Waals surface area contributed by atoms with E-state index in [1.807, 2.05) is 4.90 Å². The maximum Gasteiger partial charge on any atom is 0.232 e. The lowest BCUT2D eigenvalue weighted by Gasteiger charge is -2.33. The number of nitrogens with zero attached hydrogens (tertiary/aromatic N) is 3. The topological polar surface area (TPSA) is 55.3 Å². The molecule has 0 atom stereocenters. The molecule has 1 aromatic heterocycles. The molecule has 6 heteroatoms. The number of amides is 1. The fourth-order valence-corrected chi connectivity index (χ4v) is 4.13. The van der Waals surface area contributed by atoms with E-state index in [-0.39, 0.29) is 5.92 Å². The SMILES string of the molecule is CCC(CC)C(=O)N1CCC(COc2cnc(-c3ccc(SC)cc3)cn2)CC1. The third-order valence-electron chi connectivity index (χ3n) is 5.74. The highest BCUT2D eigenvalue weighted by Crippen LogP contribution is 2.23. The van der Waals surface area contributed by atoms with Crippen molar-refractivity contribution < 1.29 is 9.53 Å². The number of thioether (sulfide) groups is 1. The number of carbonyl (C=O) groups excluding carboxylic acids is 1. The van der Waals surface area contributed by atoms with Gasteiger partial charge in [0, 0.05) is 29.5 Å². The lowest BCUT2D eigenvalue weighted by atomic mass is 9.95. The first-order valence-corrected chi connectivity index (χ1v) is 11.7. The van der Waals surface area contributed by atoms with Crippen LogP contribution in [0.1, 0.15) is 39.5 Å². The van der Waals surface area contributed by atoms with E-state index in [9.17, 15) is 4.79 Å². The molecule has 0 bridgehead atoms. The standard InChI is InChI=1S/C23H31N3O2S/c1-4-18(5-2)23(27)26-12-10-17(11-13-26)16-28-22-15-24-21(14-25-22)19-6-8-20(29-3)9-7-19/h6-9,14-15,17-18H,4-5,10-13,16H2,1-3H3. The highest BCUT2D eigenvalue weighted by Gasteiger charge is 2.26. The van der Waals surface area contributed by atoms with Crippen molar-refractivity contribution in [3.8, 4) is 17.1 Å². The summed E-state index contributed by atoms with van der Waals surface area (Å²) in [6, 6.07) is 8.30. The number of rotatable bonds is 8. The Morgan fingerprint density at radius 2 is 1.83 bits per heavy atom. The van der Waals surface area contributed by atoms with Crippen LogP contribution >= 0.6 is 11.8 Å². The summed E-state index contributed by atoms with van der Waals surface area (Å²) in [6.45, 7) is 6.49. The first-order chi connectivity index (χ1) is 14.1. The molecule has 0 saturated carbocycles. The Bertz CT molecular complexity index is 768. The molecule has 2 aromatic rings. The molecule has 3 rings (SSSR count). The van der Waals surface area contributed by atoms with Gasteiger partial charge in [0.2, 0.25) is 11.8 Å². The first kappa shape index (κ1) is 21.6. The van der Waals surface area contributed by atoms with Crippen LogP contribution in [0.25, 0.3) is 11.3 Å². The summed E-state index contributed by atoms with van der Waals surface area (Å²) in [7, 11) is 0. The average molecular weight is 414 g/mol. The Kier molecular flexibility index (Phi) is 7.92. The third-order valence-corrected chi connectivity index (χ3v) is 6.49. The summed E-state index contributed by atoms with van der Waals surface area (Å²) >= 11 is 1.72. The van der Waals surface area contributed by atoms with Gasteiger partial charge in [-0.1, -0.05) is 26.0 Å². The van der Waals surface area contributed by atoms with Crippen LogP contribution in [-0.4, -0.2) is 46.7 Å². The van der Waals surface area contributed by atoms with E-state index in [2.05, 4.69) is 54.3 Å². The second-order valence-electron chi connectivity index (χ2n) is 7.56. The zero-order chi connectivity index (χ0) is 20.6. The fraction of sp³-hybridized carbons (Fsp3) is 0.522. The Balaban J connectivity index is 1.46. The Hall–Kier alpha value is -2.08. The van der Waals surface area contributed by atoms with E-state index < -0.39 is 0 Å². The van der Waals surface area contributed by atoms with Crippen LogP contribution in [0, 0.1) is 11.8 Å². The number of benzene rings is 1. The Morgan fingerprint density at radius 3 is 2.38 bits per heavy atom. The molecule has 5 nitrogen and oxygen atoms in total. The van der Waals surface area contributed by atoms with Gasteiger partial charge in [0.1, 0.15) is 0 Å². The van der Waals surface area contributed by atoms with E-state index in [1.165, 1.54) is 4.90 Å². The monoisotopic (exact) mass is 413 g/mol. The van der Waals surface area contributed by atoms with E-state index in [0.29, 0.717) is 24.3 Å². The van der Waals surface area contributed by atoms with E-state index in [1.54, 1.807) is 24.2 Å². The predicted octanol–water partition coefficient (Wildman–Crippen LogP) is 4.92. The van der Waals surface area contributed by atoms with Gasteiger partial charge in [0.25, 0.3) is 0 Å². The minimum atomic E-state index is 0.175.